The summed E-state index contributed by atoms with van der Waals surface area (Å²) >= 11 is 0. The number of rotatable bonds is 5. The minimum absolute atomic E-state index is 1.20. The molecule has 0 aliphatic rings. The zero-order chi connectivity index (χ0) is 11.1. The first-order valence-corrected chi connectivity index (χ1v) is 5.66. The second-order valence-electron chi connectivity index (χ2n) is 3.93. The monoisotopic (exact) mass is 200 g/mol. The molecular weight excluding hydrogens is 180 g/mol. The van der Waals surface area contributed by atoms with Crippen molar-refractivity contribution in [3.05, 3.63) is 47.5 Å². The highest BCUT2D eigenvalue weighted by atomic mass is 14.0. The van der Waals surface area contributed by atoms with E-state index < -0.39 is 0 Å². The molecule has 1 aromatic rings. The van der Waals surface area contributed by atoms with Crippen LogP contribution in [0.15, 0.2) is 36.4 Å². The predicted octanol–water partition coefficient (Wildman–Crippen LogP) is 4.92. The summed E-state index contributed by atoms with van der Waals surface area (Å²) in [5, 5.41) is 0. The summed E-state index contributed by atoms with van der Waals surface area (Å²) in [6.07, 6.45) is 7.92. The zero-order valence-electron chi connectivity index (χ0n) is 9.79. The Morgan fingerprint density at radius 3 is 2.53 bits per heavy atom. The molecule has 15 heavy (non-hydrogen) atoms. The Kier molecular flexibility index (Phi) is 4.89. The van der Waals surface area contributed by atoms with Crippen molar-refractivity contribution >= 4 is 12.2 Å². The van der Waals surface area contributed by atoms with E-state index in [-0.39, 0.29) is 0 Å². The summed E-state index contributed by atoms with van der Waals surface area (Å²) in [6.45, 7) is 8.26. The van der Waals surface area contributed by atoms with Gasteiger partial charge >= 0.3 is 0 Å². The van der Waals surface area contributed by atoms with Crippen LogP contribution >= 0.6 is 0 Å². The Bertz CT molecular complexity index is 345. The second-order valence-corrected chi connectivity index (χ2v) is 3.93. The number of hydrogen-bond acceptors (Lipinski definition) is 0. The third-order valence-electron chi connectivity index (χ3n) is 2.54. The van der Waals surface area contributed by atoms with Gasteiger partial charge in [0.25, 0.3) is 0 Å². The molecule has 0 nitrogen and oxygen atoms in total. The smallest absolute Gasteiger partial charge is 0.0185 e. The molecule has 0 N–H and O–H groups in total. The van der Waals surface area contributed by atoms with Crippen LogP contribution < -0.4 is 0 Å². The Balaban J connectivity index is 2.82. The van der Waals surface area contributed by atoms with Crippen LogP contribution in [0.5, 0.6) is 0 Å². The third-order valence-corrected chi connectivity index (χ3v) is 2.54. The molecule has 0 unspecified atom stereocenters. The maximum absolute atomic E-state index is 3.83. The summed E-state index contributed by atoms with van der Waals surface area (Å²) in [5.41, 5.74) is 3.95. The van der Waals surface area contributed by atoms with E-state index in [0.717, 1.165) is 0 Å². The molecule has 0 saturated carbocycles. The molecule has 80 valence electrons. The number of benzene rings is 1. The average molecular weight is 200 g/mol. The highest BCUT2D eigenvalue weighted by Gasteiger charge is 1.95. The predicted molar refractivity (Wildman–Crippen MR) is 69.7 cm³/mol. The van der Waals surface area contributed by atoms with Crippen molar-refractivity contribution in [3.63, 3.8) is 0 Å². The van der Waals surface area contributed by atoms with Gasteiger partial charge in [0.05, 0.1) is 0 Å². The lowest BCUT2D eigenvalue weighted by Gasteiger charge is -2.03. The van der Waals surface area contributed by atoms with E-state index in [2.05, 4.69) is 50.8 Å². The van der Waals surface area contributed by atoms with E-state index in [1.54, 1.807) is 0 Å². The Morgan fingerprint density at radius 2 is 1.93 bits per heavy atom. The normalized spacial score (nSPS) is 11.5. The summed E-state index contributed by atoms with van der Waals surface area (Å²) in [5.74, 6) is 0. The molecule has 0 bridgehead atoms. The van der Waals surface area contributed by atoms with E-state index in [1.165, 1.54) is 36.0 Å². The minimum atomic E-state index is 1.20. The van der Waals surface area contributed by atoms with Crippen LogP contribution in [-0.4, -0.2) is 0 Å². The fraction of sp³-hybridized carbons (Fsp3) is 0.333. The number of hydrogen-bond donors (Lipinski definition) is 0. The molecule has 0 atom stereocenters. The quantitative estimate of drug-likeness (QED) is 0.632. The van der Waals surface area contributed by atoms with Gasteiger partial charge in [0, 0.05) is 0 Å². The maximum atomic E-state index is 3.83. The summed E-state index contributed by atoms with van der Waals surface area (Å²) in [6, 6.07) is 8.38. The lowest BCUT2D eigenvalue weighted by atomic mass is 10.0. The lowest BCUT2D eigenvalue weighted by Crippen LogP contribution is -1.82. The molecule has 0 aliphatic heterocycles. The molecule has 0 heterocycles. The van der Waals surface area contributed by atoms with Gasteiger partial charge in [-0.2, -0.15) is 0 Å². The molecule has 0 amide bonds. The summed E-state index contributed by atoms with van der Waals surface area (Å²) < 4.78 is 0. The largest absolute Gasteiger partial charge is 0.0984 e. The Morgan fingerprint density at radius 1 is 1.27 bits per heavy atom. The third kappa shape index (κ3) is 3.75. The Labute approximate surface area is 93.3 Å². The first-order chi connectivity index (χ1) is 7.27. The highest BCUT2D eigenvalue weighted by molar-refractivity contribution is 5.65. The molecule has 0 fully saturated rings. The van der Waals surface area contributed by atoms with Gasteiger partial charge in [-0.25, -0.2) is 0 Å². The van der Waals surface area contributed by atoms with Crippen molar-refractivity contribution in [1.82, 2.24) is 0 Å². The van der Waals surface area contributed by atoms with Gasteiger partial charge in [-0.1, -0.05) is 61.9 Å². The molecule has 1 rings (SSSR count). The molecular formula is C15H20. The van der Waals surface area contributed by atoms with Gasteiger partial charge in [-0.05, 0) is 30.9 Å². The van der Waals surface area contributed by atoms with Crippen molar-refractivity contribution in [1.29, 1.82) is 0 Å². The standard InChI is InChI=1S/C15H20/c1-4-6-9-13(3)12-15-11-8-7-10-14(15)5-2/h5,7-8,10-12H,2,4,6,9H2,1,3H3/b13-12-. The van der Waals surface area contributed by atoms with Gasteiger partial charge in [0.2, 0.25) is 0 Å². The topological polar surface area (TPSA) is 0 Å². The van der Waals surface area contributed by atoms with Gasteiger partial charge in [-0.15, -0.1) is 0 Å². The Hall–Kier alpha value is -1.30. The first kappa shape index (κ1) is 11.8. The van der Waals surface area contributed by atoms with Crippen LogP contribution in [0.25, 0.3) is 12.2 Å². The van der Waals surface area contributed by atoms with Crippen LogP contribution in [-0.2, 0) is 0 Å². The second kappa shape index (κ2) is 6.23. The fourth-order valence-electron chi connectivity index (χ4n) is 1.62. The van der Waals surface area contributed by atoms with Crippen molar-refractivity contribution < 1.29 is 0 Å². The molecule has 1 aromatic carbocycles. The van der Waals surface area contributed by atoms with Crippen LogP contribution in [0.1, 0.15) is 44.2 Å². The first-order valence-electron chi connectivity index (χ1n) is 5.66. The number of allylic oxidation sites excluding steroid dienone is 1. The van der Waals surface area contributed by atoms with E-state index in [4.69, 9.17) is 0 Å². The maximum Gasteiger partial charge on any atom is -0.0185 e. The van der Waals surface area contributed by atoms with Crippen LogP contribution in [0.3, 0.4) is 0 Å². The molecule has 0 saturated heterocycles. The molecule has 0 aliphatic carbocycles. The summed E-state index contributed by atoms with van der Waals surface area (Å²) in [4.78, 5) is 0. The van der Waals surface area contributed by atoms with Crippen molar-refractivity contribution in [2.75, 3.05) is 0 Å². The number of unbranched alkanes of at least 4 members (excludes halogenated alkanes) is 1. The zero-order valence-corrected chi connectivity index (χ0v) is 9.79. The van der Waals surface area contributed by atoms with Crippen LogP contribution in [0.2, 0.25) is 0 Å². The SMILES string of the molecule is C=Cc1ccccc1/C=C(/C)CCCC. The van der Waals surface area contributed by atoms with Crippen LogP contribution in [0.4, 0.5) is 0 Å². The van der Waals surface area contributed by atoms with Gasteiger partial charge in [0.15, 0.2) is 0 Å². The van der Waals surface area contributed by atoms with Crippen molar-refractivity contribution in [2.45, 2.75) is 33.1 Å². The summed E-state index contributed by atoms with van der Waals surface area (Å²) in [7, 11) is 0. The molecule has 0 spiro atoms. The lowest BCUT2D eigenvalue weighted by molar-refractivity contribution is 0.790. The average Bonchev–Trinajstić information content (AvgIpc) is 2.27. The van der Waals surface area contributed by atoms with Gasteiger partial charge in [-0.3, -0.25) is 0 Å². The van der Waals surface area contributed by atoms with Crippen molar-refractivity contribution in [2.24, 2.45) is 0 Å². The fourth-order valence-corrected chi connectivity index (χ4v) is 1.62. The van der Waals surface area contributed by atoms with Crippen LogP contribution in [0, 0.1) is 0 Å². The van der Waals surface area contributed by atoms with Gasteiger partial charge in [0.1, 0.15) is 0 Å². The minimum Gasteiger partial charge on any atom is -0.0984 e. The molecule has 0 heteroatoms. The molecule has 0 aromatic heterocycles. The molecule has 0 radical (unpaired) electrons. The van der Waals surface area contributed by atoms with E-state index >= 15 is 0 Å². The van der Waals surface area contributed by atoms with E-state index in [0.29, 0.717) is 0 Å². The highest BCUT2D eigenvalue weighted by Crippen LogP contribution is 2.16. The van der Waals surface area contributed by atoms with Crippen molar-refractivity contribution in [3.8, 4) is 0 Å². The van der Waals surface area contributed by atoms with Gasteiger partial charge < -0.3 is 0 Å². The van der Waals surface area contributed by atoms with E-state index in [9.17, 15) is 0 Å². The van der Waals surface area contributed by atoms with E-state index in [1.807, 2.05) is 6.08 Å².